The van der Waals surface area contributed by atoms with E-state index in [9.17, 15) is 4.79 Å². The van der Waals surface area contributed by atoms with Crippen molar-refractivity contribution in [3.8, 4) is 0 Å². The molecule has 3 heteroatoms. The fourth-order valence-corrected chi connectivity index (χ4v) is 2.99. The number of nitrogens with two attached hydrogens (primary N) is 1. The standard InChI is InChI=1S/C14H18BrNO/c15-13-6-2-1-5-11(13)9-12(17)10-14(16)7-3-4-8-14/h1-2,5-6H,3-4,7-10,16H2. The fraction of sp³-hybridized carbons (Fsp3) is 0.500. The van der Waals surface area contributed by atoms with E-state index in [2.05, 4.69) is 15.9 Å². The lowest BCUT2D eigenvalue weighted by Crippen LogP contribution is -2.39. The summed E-state index contributed by atoms with van der Waals surface area (Å²) >= 11 is 3.47. The van der Waals surface area contributed by atoms with Crippen LogP contribution < -0.4 is 5.73 Å². The molecule has 1 aliphatic carbocycles. The first kappa shape index (κ1) is 12.8. The Morgan fingerprint density at radius 1 is 1.29 bits per heavy atom. The maximum atomic E-state index is 12.0. The zero-order valence-electron chi connectivity index (χ0n) is 9.92. The van der Waals surface area contributed by atoms with Gasteiger partial charge in [-0.3, -0.25) is 4.79 Å². The van der Waals surface area contributed by atoms with Crippen molar-refractivity contribution in [2.75, 3.05) is 0 Å². The summed E-state index contributed by atoms with van der Waals surface area (Å²) in [6, 6.07) is 7.87. The van der Waals surface area contributed by atoms with E-state index >= 15 is 0 Å². The molecule has 1 fully saturated rings. The smallest absolute Gasteiger partial charge is 0.139 e. The normalized spacial score (nSPS) is 18.2. The highest BCUT2D eigenvalue weighted by Gasteiger charge is 2.31. The van der Waals surface area contributed by atoms with Gasteiger partial charge in [0, 0.05) is 22.9 Å². The number of benzene rings is 1. The Hall–Kier alpha value is -0.670. The van der Waals surface area contributed by atoms with E-state index in [1.165, 1.54) is 12.8 Å². The van der Waals surface area contributed by atoms with E-state index in [0.717, 1.165) is 22.9 Å². The summed E-state index contributed by atoms with van der Waals surface area (Å²) in [6.45, 7) is 0. The van der Waals surface area contributed by atoms with Crippen LogP contribution in [-0.4, -0.2) is 11.3 Å². The summed E-state index contributed by atoms with van der Waals surface area (Å²) in [5.41, 5.74) is 7.05. The molecule has 0 atom stereocenters. The van der Waals surface area contributed by atoms with Gasteiger partial charge in [0.05, 0.1) is 0 Å². The van der Waals surface area contributed by atoms with E-state index in [-0.39, 0.29) is 11.3 Å². The van der Waals surface area contributed by atoms with Crippen LogP contribution in [0.15, 0.2) is 28.7 Å². The molecule has 92 valence electrons. The Morgan fingerprint density at radius 2 is 1.94 bits per heavy atom. The van der Waals surface area contributed by atoms with Gasteiger partial charge in [0.2, 0.25) is 0 Å². The van der Waals surface area contributed by atoms with Crippen LogP contribution in [0.25, 0.3) is 0 Å². The third kappa shape index (κ3) is 3.39. The average molecular weight is 296 g/mol. The van der Waals surface area contributed by atoms with Gasteiger partial charge in [0.1, 0.15) is 5.78 Å². The molecule has 2 rings (SSSR count). The van der Waals surface area contributed by atoms with Crippen LogP contribution in [0, 0.1) is 0 Å². The summed E-state index contributed by atoms with van der Waals surface area (Å²) in [4.78, 5) is 12.0. The fourth-order valence-electron chi connectivity index (χ4n) is 2.57. The Balaban J connectivity index is 1.96. The van der Waals surface area contributed by atoms with Crippen LogP contribution in [0.5, 0.6) is 0 Å². The molecule has 1 aliphatic rings. The number of rotatable bonds is 4. The topological polar surface area (TPSA) is 43.1 Å². The second kappa shape index (κ2) is 5.32. The van der Waals surface area contributed by atoms with Crippen molar-refractivity contribution in [2.24, 2.45) is 5.73 Å². The third-order valence-corrected chi connectivity index (χ3v) is 4.27. The Kier molecular flexibility index (Phi) is 4.00. The van der Waals surface area contributed by atoms with Crippen LogP contribution in [0.1, 0.15) is 37.7 Å². The number of carbonyl (C=O) groups is 1. The minimum atomic E-state index is -0.224. The van der Waals surface area contributed by atoms with E-state index in [1.54, 1.807) is 0 Å². The second-order valence-corrected chi connectivity index (χ2v) is 5.91. The number of ketones is 1. The zero-order chi connectivity index (χ0) is 12.3. The van der Waals surface area contributed by atoms with Gasteiger partial charge >= 0.3 is 0 Å². The summed E-state index contributed by atoms with van der Waals surface area (Å²) in [7, 11) is 0. The molecule has 1 aromatic carbocycles. The molecule has 0 spiro atoms. The molecular formula is C14H18BrNO. The van der Waals surface area contributed by atoms with Crippen molar-refractivity contribution in [1.82, 2.24) is 0 Å². The van der Waals surface area contributed by atoms with Crippen LogP contribution in [-0.2, 0) is 11.2 Å². The highest BCUT2D eigenvalue weighted by Crippen LogP contribution is 2.30. The number of carbonyl (C=O) groups excluding carboxylic acids is 1. The van der Waals surface area contributed by atoms with E-state index in [1.807, 2.05) is 24.3 Å². The second-order valence-electron chi connectivity index (χ2n) is 5.05. The summed E-state index contributed by atoms with van der Waals surface area (Å²) in [6.07, 6.45) is 5.33. The van der Waals surface area contributed by atoms with Gasteiger partial charge < -0.3 is 5.73 Å². The minimum absolute atomic E-state index is 0.224. The molecule has 1 aromatic rings. The van der Waals surface area contributed by atoms with Crippen molar-refractivity contribution in [2.45, 2.75) is 44.1 Å². The summed E-state index contributed by atoms with van der Waals surface area (Å²) in [5.74, 6) is 0.251. The lowest BCUT2D eigenvalue weighted by molar-refractivity contribution is -0.119. The van der Waals surface area contributed by atoms with Crippen LogP contribution in [0.2, 0.25) is 0 Å². The predicted molar refractivity (Wildman–Crippen MR) is 72.9 cm³/mol. The van der Waals surface area contributed by atoms with Crippen LogP contribution in [0.4, 0.5) is 0 Å². The van der Waals surface area contributed by atoms with Crippen molar-refractivity contribution in [3.05, 3.63) is 34.3 Å². The molecule has 0 saturated heterocycles. The van der Waals surface area contributed by atoms with Gasteiger partial charge in [0.15, 0.2) is 0 Å². The molecular weight excluding hydrogens is 278 g/mol. The predicted octanol–water partition coefficient (Wildman–Crippen LogP) is 3.22. The van der Waals surface area contributed by atoms with E-state index in [4.69, 9.17) is 5.73 Å². The van der Waals surface area contributed by atoms with E-state index in [0.29, 0.717) is 12.8 Å². The van der Waals surface area contributed by atoms with Crippen molar-refractivity contribution >= 4 is 21.7 Å². The number of hydrogen-bond donors (Lipinski definition) is 1. The molecule has 0 bridgehead atoms. The zero-order valence-corrected chi connectivity index (χ0v) is 11.5. The molecule has 0 amide bonds. The van der Waals surface area contributed by atoms with Crippen LogP contribution in [0.3, 0.4) is 0 Å². The summed E-state index contributed by atoms with van der Waals surface area (Å²) in [5, 5.41) is 0. The van der Waals surface area contributed by atoms with Gasteiger partial charge in [-0.15, -0.1) is 0 Å². The Morgan fingerprint density at radius 3 is 2.59 bits per heavy atom. The molecule has 0 aliphatic heterocycles. The molecule has 0 aromatic heterocycles. The summed E-state index contributed by atoms with van der Waals surface area (Å²) < 4.78 is 1.01. The molecule has 2 N–H and O–H groups in total. The van der Waals surface area contributed by atoms with Crippen molar-refractivity contribution in [3.63, 3.8) is 0 Å². The third-order valence-electron chi connectivity index (χ3n) is 3.49. The highest BCUT2D eigenvalue weighted by atomic mass is 79.9. The number of halogens is 1. The highest BCUT2D eigenvalue weighted by molar-refractivity contribution is 9.10. The first-order valence-electron chi connectivity index (χ1n) is 6.13. The van der Waals surface area contributed by atoms with Gasteiger partial charge in [-0.25, -0.2) is 0 Å². The van der Waals surface area contributed by atoms with Gasteiger partial charge in [0.25, 0.3) is 0 Å². The Bertz CT molecular complexity index is 410. The van der Waals surface area contributed by atoms with Gasteiger partial charge in [-0.05, 0) is 24.5 Å². The minimum Gasteiger partial charge on any atom is -0.325 e. The molecule has 2 nitrogen and oxygen atoms in total. The molecule has 1 saturated carbocycles. The van der Waals surface area contributed by atoms with Crippen molar-refractivity contribution < 1.29 is 4.79 Å². The quantitative estimate of drug-likeness (QED) is 0.927. The maximum absolute atomic E-state index is 12.0. The number of hydrogen-bond acceptors (Lipinski definition) is 2. The first-order chi connectivity index (χ1) is 8.09. The number of Topliss-reactive ketones (excluding diaryl/α,β-unsaturated/α-hetero) is 1. The van der Waals surface area contributed by atoms with E-state index < -0.39 is 0 Å². The molecule has 0 unspecified atom stereocenters. The maximum Gasteiger partial charge on any atom is 0.139 e. The molecule has 0 radical (unpaired) electrons. The largest absolute Gasteiger partial charge is 0.325 e. The van der Waals surface area contributed by atoms with Crippen LogP contribution >= 0.6 is 15.9 Å². The van der Waals surface area contributed by atoms with Gasteiger partial charge in [-0.1, -0.05) is 47.0 Å². The first-order valence-corrected chi connectivity index (χ1v) is 6.92. The SMILES string of the molecule is NC1(CC(=O)Cc2ccccc2Br)CCCC1. The van der Waals surface area contributed by atoms with Crippen molar-refractivity contribution in [1.29, 1.82) is 0 Å². The molecule has 17 heavy (non-hydrogen) atoms. The Labute approximate surface area is 111 Å². The lowest BCUT2D eigenvalue weighted by atomic mass is 9.90. The monoisotopic (exact) mass is 295 g/mol. The lowest BCUT2D eigenvalue weighted by Gasteiger charge is -2.22. The average Bonchev–Trinajstić information content (AvgIpc) is 2.68. The van der Waals surface area contributed by atoms with Gasteiger partial charge in [-0.2, -0.15) is 0 Å². The molecule has 0 heterocycles.